The van der Waals surface area contributed by atoms with Crippen LogP contribution in [0.1, 0.15) is 12.0 Å². The van der Waals surface area contributed by atoms with Crippen molar-refractivity contribution in [3.63, 3.8) is 0 Å². The van der Waals surface area contributed by atoms with Crippen molar-refractivity contribution < 1.29 is 23.5 Å². The minimum absolute atomic E-state index is 0.0669. The van der Waals surface area contributed by atoms with E-state index in [-0.39, 0.29) is 18.9 Å². The van der Waals surface area contributed by atoms with Crippen LogP contribution in [0.4, 0.5) is 8.78 Å². The number of carboxylic acid groups (broad SMARTS) is 1. The molecule has 1 aromatic rings. The molecule has 114 valence electrons. The Morgan fingerprint density at radius 3 is 2.48 bits per heavy atom. The van der Waals surface area contributed by atoms with Gasteiger partial charge in [-0.3, -0.25) is 14.5 Å². The molecule has 1 aliphatic heterocycles. The first-order valence-electron chi connectivity index (χ1n) is 6.52. The van der Waals surface area contributed by atoms with E-state index in [0.29, 0.717) is 18.7 Å². The Morgan fingerprint density at radius 1 is 1.29 bits per heavy atom. The number of nitrogens with zero attached hydrogens (tertiary/aromatic N) is 2. The van der Waals surface area contributed by atoms with Gasteiger partial charge in [0.15, 0.2) is 0 Å². The molecule has 0 saturated carbocycles. The molecule has 1 saturated heterocycles. The molecule has 0 radical (unpaired) electrons. The summed E-state index contributed by atoms with van der Waals surface area (Å²) in [6, 6.07) is 2.36. The minimum atomic E-state index is -1.06. The van der Waals surface area contributed by atoms with E-state index in [1.54, 1.807) is 11.9 Å². The van der Waals surface area contributed by atoms with Crippen molar-refractivity contribution in [1.29, 1.82) is 0 Å². The van der Waals surface area contributed by atoms with Gasteiger partial charge in [0.2, 0.25) is 5.91 Å². The zero-order chi connectivity index (χ0) is 15.6. The van der Waals surface area contributed by atoms with Gasteiger partial charge in [-0.2, -0.15) is 0 Å². The van der Waals surface area contributed by atoms with E-state index in [4.69, 9.17) is 5.11 Å². The number of halogens is 2. The maximum Gasteiger partial charge on any atom is 0.305 e. The molecule has 21 heavy (non-hydrogen) atoms. The minimum Gasteiger partial charge on any atom is -0.481 e. The Labute approximate surface area is 120 Å². The van der Waals surface area contributed by atoms with Crippen molar-refractivity contribution in [2.75, 3.05) is 20.1 Å². The van der Waals surface area contributed by atoms with E-state index in [9.17, 15) is 18.4 Å². The number of aliphatic carboxylic acids is 1. The number of carbonyl (C=O) groups excluding carboxylic acids is 1. The van der Waals surface area contributed by atoms with Crippen molar-refractivity contribution in [3.8, 4) is 0 Å². The van der Waals surface area contributed by atoms with Crippen LogP contribution in [0.2, 0.25) is 0 Å². The van der Waals surface area contributed by atoms with Gasteiger partial charge in [0, 0.05) is 25.7 Å². The summed E-state index contributed by atoms with van der Waals surface area (Å²) in [5.74, 6) is -2.79. The molecule has 1 heterocycles. The van der Waals surface area contributed by atoms with Crippen LogP contribution in [0.5, 0.6) is 0 Å². The second-order valence-corrected chi connectivity index (χ2v) is 5.13. The number of likely N-dealkylation sites (N-methyl/N-ethyl adjacent to an activating group) is 1. The van der Waals surface area contributed by atoms with Gasteiger partial charge in [0.05, 0.1) is 12.5 Å². The highest BCUT2D eigenvalue weighted by Gasteiger charge is 2.34. The van der Waals surface area contributed by atoms with Crippen LogP contribution < -0.4 is 0 Å². The van der Waals surface area contributed by atoms with Gasteiger partial charge in [-0.1, -0.05) is 0 Å². The van der Waals surface area contributed by atoms with Crippen molar-refractivity contribution in [3.05, 3.63) is 35.4 Å². The second-order valence-electron chi connectivity index (χ2n) is 5.13. The molecule has 1 N–H and O–H groups in total. The molecule has 2 rings (SSSR count). The molecule has 1 unspecified atom stereocenters. The van der Waals surface area contributed by atoms with E-state index in [2.05, 4.69) is 0 Å². The molecule has 0 aliphatic carbocycles. The number of piperazine rings is 1. The Kier molecular flexibility index (Phi) is 4.52. The Morgan fingerprint density at radius 2 is 1.90 bits per heavy atom. The number of carbonyl (C=O) groups is 2. The number of rotatable bonds is 4. The summed E-state index contributed by atoms with van der Waals surface area (Å²) >= 11 is 0. The maximum atomic E-state index is 13.2. The molecular formula is C14H16F2N2O3. The summed E-state index contributed by atoms with van der Waals surface area (Å²) in [5.41, 5.74) is 0.347. The Hall–Kier alpha value is -2.02. The molecule has 0 spiro atoms. The second kappa shape index (κ2) is 6.17. The molecular weight excluding hydrogens is 282 g/mol. The quantitative estimate of drug-likeness (QED) is 0.903. The SMILES string of the molecule is CN1CCN(Cc2cc(F)cc(F)c2)C(=O)C1CC(=O)O. The number of amides is 1. The summed E-state index contributed by atoms with van der Waals surface area (Å²) in [7, 11) is 1.69. The lowest BCUT2D eigenvalue weighted by Crippen LogP contribution is -2.55. The third-order valence-electron chi connectivity index (χ3n) is 3.52. The number of hydrogen-bond acceptors (Lipinski definition) is 3. The normalized spacial score (nSPS) is 19.9. The topological polar surface area (TPSA) is 60.9 Å². The van der Waals surface area contributed by atoms with Crippen molar-refractivity contribution in [1.82, 2.24) is 9.80 Å². The van der Waals surface area contributed by atoms with Crippen molar-refractivity contribution in [2.24, 2.45) is 0 Å². The number of hydrogen-bond donors (Lipinski definition) is 1. The predicted octanol–water partition coefficient (Wildman–Crippen LogP) is 1.08. The Bertz CT molecular complexity index is 545. The standard InChI is InChI=1S/C14H16F2N2O3/c1-17-2-3-18(14(21)12(17)7-13(19)20)8-9-4-10(15)6-11(16)5-9/h4-6,12H,2-3,7-8H2,1H3,(H,19,20). The summed E-state index contributed by atoms with van der Waals surface area (Å²) in [4.78, 5) is 26.2. The highest BCUT2D eigenvalue weighted by atomic mass is 19.1. The van der Waals surface area contributed by atoms with E-state index < -0.39 is 23.6 Å². The van der Waals surface area contributed by atoms with Gasteiger partial charge in [0.1, 0.15) is 11.6 Å². The lowest BCUT2D eigenvalue weighted by atomic mass is 10.1. The van der Waals surface area contributed by atoms with Crippen LogP contribution in [0.15, 0.2) is 18.2 Å². The van der Waals surface area contributed by atoms with E-state index >= 15 is 0 Å². The van der Waals surface area contributed by atoms with Crippen LogP contribution in [0.25, 0.3) is 0 Å². The fraction of sp³-hybridized carbons (Fsp3) is 0.429. The Balaban J connectivity index is 2.12. The summed E-state index contributed by atoms with van der Waals surface area (Å²) in [5, 5.41) is 8.85. The van der Waals surface area contributed by atoms with Gasteiger partial charge in [-0.05, 0) is 24.7 Å². The maximum absolute atomic E-state index is 13.2. The van der Waals surface area contributed by atoms with Gasteiger partial charge < -0.3 is 10.0 Å². The van der Waals surface area contributed by atoms with Crippen LogP contribution >= 0.6 is 0 Å². The first-order chi connectivity index (χ1) is 9.86. The fourth-order valence-corrected chi connectivity index (χ4v) is 2.43. The third kappa shape index (κ3) is 3.75. The zero-order valence-corrected chi connectivity index (χ0v) is 11.6. The van der Waals surface area contributed by atoms with Gasteiger partial charge in [0.25, 0.3) is 0 Å². The largest absolute Gasteiger partial charge is 0.481 e. The highest BCUT2D eigenvalue weighted by molar-refractivity contribution is 5.86. The molecule has 1 aliphatic rings. The molecule has 1 atom stereocenters. The van der Waals surface area contributed by atoms with Crippen LogP contribution in [-0.4, -0.2) is 53.0 Å². The zero-order valence-electron chi connectivity index (χ0n) is 11.6. The van der Waals surface area contributed by atoms with Gasteiger partial charge >= 0.3 is 5.97 Å². The van der Waals surface area contributed by atoms with Crippen molar-refractivity contribution in [2.45, 2.75) is 19.0 Å². The van der Waals surface area contributed by atoms with Gasteiger partial charge in [-0.25, -0.2) is 8.78 Å². The lowest BCUT2D eigenvalue weighted by molar-refractivity contribution is -0.149. The summed E-state index contributed by atoms with van der Waals surface area (Å²) in [6.07, 6.45) is -0.288. The molecule has 0 bridgehead atoms. The first kappa shape index (κ1) is 15.4. The third-order valence-corrected chi connectivity index (χ3v) is 3.52. The number of carboxylic acids is 1. The summed E-state index contributed by atoms with van der Waals surface area (Å²) < 4.78 is 26.3. The molecule has 7 heteroatoms. The van der Waals surface area contributed by atoms with E-state index in [0.717, 1.165) is 6.07 Å². The number of benzene rings is 1. The highest BCUT2D eigenvalue weighted by Crippen LogP contribution is 2.17. The van der Waals surface area contributed by atoms with Crippen LogP contribution in [0, 0.1) is 11.6 Å². The lowest BCUT2D eigenvalue weighted by Gasteiger charge is -2.38. The van der Waals surface area contributed by atoms with E-state index in [1.807, 2.05) is 0 Å². The van der Waals surface area contributed by atoms with E-state index in [1.165, 1.54) is 17.0 Å². The average molecular weight is 298 g/mol. The molecule has 1 amide bonds. The van der Waals surface area contributed by atoms with Crippen molar-refractivity contribution >= 4 is 11.9 Å². The molecule has 0 aromatic heterocycles. The predicted molar refractivity (Wildman–Crippen MR) is 70.4 cm³/mol. The summed E-state index contributed by atoms with van der Waals surface area (Å²) in [6.45, 7) is 0.975. The van der Waals surface area contributed by atoms with Crippen LogP contribution in [0.3, 0.4) is 0 Å². The molecule has 5 nitrogen and oxygen atoms in total. The first-order valence-corrected chi connectivity index (χ1v) is 6.52. The molecule has 1 fully saturated rings. The van der Waals surface area contributed by atoms with Crippen LogP contribution in [-0.2, 0) is 16.1 Å². The molecule has 1 aromatic carbocycles. The average Bonchev–Trinajstić information content (AvgIpc) is 2.36. The smallest absolute Gasteiger partial charge is 0.305 e. The monoisotopic (exact) mass is 298 g/mol. The van der Waals surface area contributed by atoms with Gasteiger partial charge in [-0.15, -0.1) is 0 Å². The fourth-order valence-electron chi connectivity index (χ4n) is 2.43.